The topological polar surface area (TPSA) is 23.1 Å². The Hall–Kier alpha value is -0.650. The first kappa shape index (κ1) is 15.4. The van der Waals surface area contributed by atoms with Gasteiger partial charge in [0.15, 0.2) is 0 Å². The van der Waals surface area contributed by atoms with Gasteiger partial charge in [-0.3, -0.25) is 0 Å². The predicted octanol–water partition coefficient (Wildman–Crippen LogP) is 3.88. The van der Waals surface area contributed by atoms with Crippen molar-refractivity contribution >= 4 is 13.7 Å². The summed E-state index contributed by atoms with van der Waals surface area (Å²) in [5.74, 6) is 0. The molecule has 18 heavy (non-hydrogen) atoms. The summed E-state index contributed by atoms with van der Waals surface area (Å²) >= 11 is 0. The fraction of sp³-hybridized carbons (Fsp3) is 0.562. The van der Waals surface area contributed by atoms with E-state index in [-0.39, 0.29) is 10.9 Å². The Labute approximate surface area is 113 Å². The maximum absolute atomic E-state index is 12.2. The number of hydrogen-bond donors (Lipinski definition) is 0. The van der Waals surface area contributed by atoms with Gasteiger partial charge in [-0.05, 0) is 41.1 Å². The summed E-state index contributed by atoms with van der Waals surface area (Å²) in [7, 11) is 0.920. The van der Waals surface area contributed by atoms with Gasteiger partial charge in [-0.25, -0.2) is 0 Å². The van der Waals surface area contributed by atoms with E-state index < -0.39 is 0 Å². The van der Waals surface area contributed by atoms with E-state index in [1.807, 2.05) is 13.0 Å². The van der Waals surface area contributed by atoms with E-state index in [0.29, 0.717) is 5.66 Å². The Bertz CT molecular complexity index is 441. The van der Waals surface area contributed by atoms with Crippen LogP contribution in [0.4, 0.5) is 0 Å². The smallest absolute Gasteiger partial charge is 0.00317 e. The molecule has 0 N–H and O–H groups in total. The Morgan fingerprint density at radius 1 is 1.33 bits per heavy atom. The molecule has 0 aromatic heterocycles. The second-order valence-corrected chi connectivity index (χ2v) is 7.52. The zero-order chi connectivity index (χ0) is 13.9. The standard InChI is InChI=1S/C16H25OP/c1-7-12(3)18-15(17)14-9-8-13(10-11(14)2)16(4,5)6/h8-10,12,17H,7H2,1-6H3/p-1. The van der Waals surface area contributed by atoms with Crippen LogP contribution in [-0.2, 0) is 5.41 Å². The second-order valence-electron chi connectivity index (χ2n) is 5.97. The molecule has 0 saturated carbocycles. The van der Waals surface area contributed by atoms with E-state index in [1.54, 1.807) is 0 Å². The van der Waals surface area contributed by atoms with Crippen molar-refractivity contribution in [3.05, 3.63) is 34.9 Å². The van der Waals surface area contributed by atoms with Gasteiger partial charge in [0.25, 0.3) is 0 Å². The third kappa shape index (κ3) is 3.93. The minimum absolute atomic E-state index is 0.140. The molecule has 0 spiro atoms. The maximum atomic E-state index is 12.2. The van der Waals surface area contributed by atoms with E-state index in [2.05, 4.69) is 46.8 Å². The van der Waals surface area contributed by atoms with Gasteiger partial charge in [-0.1, -0.05) is 52.8 Å². The number of benzene rings is 1. The molecular formula is C16H24OP-. The summed E-state index contributed by atoms with van der Waals surface area (Å²) in [6, 6.07) is 6.24. The molecule has 0 saturated heterocycles. The Morgan fingerprint density at radius 2 is 1.94 bits per heavy atom. The fourth-order valence-corrected chi connectivity index (χ4v) is 2.70. The monoisotopic (exact) mass is 263 g/mol. The normalized spacial score (nSPS) is 14.7. The highest BCUT2D eigenvalue weighted by molar-refractivity contribution is 7.41. The summed E-state index contributed by atoms with van der Waals surface area (Å²) in [4.78, 5) is 0. The number of hydrogen-bond acceptors (Lipinski definition) is 1. The zero-order valence-corrected chi connectivity index (χ0v) is 13.3. The second kappa shape index (κ2) is 5.99. The molecule has 0 aliphatic heterocycles. The lowest BCUT2D eigenvalue weighted by molar-refractivity contribution is -0.207. The maximum Gasteiger partial charge on any atom is -0.00317 e. The van der Waals surface area contributed by atoms with Crippen molar-refractivity contribution in [3.63, 3.8) is 0 Å². The van der Waals surface area contributed by atoms with Crippen LogP contribution in [0.5, 0.6) is 0 Å². The van der Waals surface area contributed by atoms with Crippen LogP contribution in [-0.4, -0.2) is 11.1 Å². The van der Waals surface area contributed by atoms with Crippen molar-refractivity contribution in [1.29, 1.82) is 0 Å². The largest absolute Gasteiger partial charge is 0.824 e. The summed E-state index contributed by atoms with van der Waals surface area (Å²) in [5.41, 5.74) is 4.10. The molecule has 1 unspecified atom stereocenters. The van der Waals surface area contributed by atoms with E-state index >= 15 is 0 Å². The van der Waals surface area contributed by atoms with Crippen molar-refractivity contribution in [2.75, 3.05) is 0 Å². The van der Waals surface area contributed by atoms with Gasteiger partial charge in [0.2, 0.25) is 0 Å². The Morgan fingerprint density at radius 3 is 2.39 bits per heavy atom. The summed E-state index contributed by atoms with van der Waals surface area (Å²) in [5, 5.41) is 12.2. The molecule has 1 aromatic carbocycles. The molecule has 0 bridgehead atoms. The highest BCUT2D eigenvalue weighted by Crippen LogP contribution is 2.25. The number of aryl methyl sites for hydroxylation is 1. The SMILES string of the molecule is CCC(C)P=C([O-])c1ccc(C(C)(C)C)cc1C. The fourth-order valence-electron chi connectivity index (χ4n) is 1.73. The molecule has 0 aliphatic rings. The minimum atomic E-state index is 0.140. The molecule has 1 atom stereocenters. The van der Waals surface area contributed by atoms with Gasteiger partial charge in [-0.2, -0.15) is 0 Å². The Balaban J connectivity index is 3.10. The van der Waals surface area contributed by atoms with Gasteiger partial charge in [-0.15, -0.1) is 13.7 Å². The van der Waals surface area contributed by atoms with Crippen molar-refractivity contribution in [3.8, 4) is 0 Å². The lowest BCUT2D eigenvalue weighted by Crippen LogP contribution is -2.20. The predicted molar refractivity (Wildman–Crippen MR) is 80.7 cm³/mol. The highest BCUT2D eigenvalue weighted by atomic mass is 31.1. The minimum Gasteiger partial charge on any atom is -0.824 e. The van der Waals surface area contributed by atoms with E-state index in [9.17, 15) is 5.11 Å². The van der Waals surface area contributed by atoms with E-state index in [4.69, 9.17) is 0 Å². The molecule has 0 heterocycles. The van der Waals surface area contributed by atoms with Gasteiger partial charge < -0.3 is 5.11 Å². The van der Waals surface area contributed by atoms with E-state index in [0.717, 1.165) is 25.8 Å². The third-order valence-electron chi connectivity index (χ3n) is 3.25. The summed E-state index contributed by atoms with van der Waals surface area (Å²) < 4.78 is 0. The van der Waals surface area contributed by atoms with Crippen molar-refractivity contribution in [2.24, 2.45) is 0 Å². The summed E-state index contributed by atoms with van der Waals surface area (Å²) in [6.45, 7) is 12.9. The first-order valence-electron chi connectivity index (χ1n) is 6.62. The lowest BCUT2D eigenvalue weighted by Gasteiger charge is -2.23. The van der Waals surface area contributed by atoms with Crippen LogP contribution in [0, 0.1) is 6.92 Å². The highest BCUT2D eigenvalue weighted by Gasteiger charge is 2.14. The van der Waals surface area contributed by atoms with Crippen LogP contribution in [0.15, 0.2) is 18.2 Å². The quantitative estimate of drug-likeness (QED) is 0.759. The molecule has 0 aliphatic carbocycles. The van der Waals surface area contributed by atoms with Crippen molar-refractivity contribution < 1.29 is 5.11 Å². The van der Waals surface area contributed by atoms with Crippen molar-refractivity contribution in [2.45, 2.75) is 59.0 Å². The zero-order valence-electron chi connectivity index (χ0n) is 12.4. The molecule has 2 heteroatoms. The molecule has 1 nitrogen and oxygen atoms in total. The van der Waals surface area contributed by atoms with Crippen LogP contribution < -0.4 is 5.11 Å². The van der Waals surface area contributed by atoms with Crippen molar-refractivity contribution in [1.82, 2.24) is 0 Å². The number of rotatable bonds is 3. The first-order valence-corrected chi connectivity index (χ1v) is 7.58. The molecule has 0 fully saturated rings. The Kier molecular flexibility index (Phi) is 5.13. The van der Waals surface area contributed by atoms with Gasteiger partial charge in [0, 0.05) is 0 Å². The van der Waals surface area contributed by atoms with Gasteiger partial charge in [0.1, 0.15) is 0 Å². The molecule has 0 amide bonds. The first-order chi connectivity index (χ1) is 8.25. The van der Waals surface area contributed by atoms with Crippen LogP contribution in [0.3, 0.4) is 0 Å². The van der Waals surface area contributed by atoms with Crippen LogP contribution >= 0.6 is 8.20 Å². The summed E-state index contributed by atoms with van der Waals surface area (Å²) in [6.07, 6.45) is 1.05. The lowest BCUT2D eigenvalue weighted by atomic mass is 9.85. The van der Waals surface area contributed by atoms with E-state index in [1.165, 1.54) is 5.56 Å². The molecular weight excluding hydrogens is 239 g/mol. The third-order valence-corrected chi connectivity index (χ3v) is 4.53. The average molecular weight is 263 g/mol. The average Bonchev–Trinajstić information content (AvgIpc) is 2.27. The molecule has 1 aromatic rings. The molecule has 0 radical (unpaired) electrons. The molecule has 1 rings (SSSR count). The van der Waals surface area contributed by atoms with Crippen LogP contribution in [0.1, 0.15) is 57.7 Å². The molecule has 100 valence electrons. The van der Waals surface area contributed by atoms with Gasteiger partial charge in [0.05, 0.1) is 0 Å². The van der Waals surface area contributed by atoms with Crippen LogP contribution in [0.2, 0.25) is 0 Å². The van der Waals surface area contributed by atoms with Crippen LogP contribution in [0.25, 0.3) is 0 Å². The van der Waals surface area contributed by atoms with Gasteiger partial charge >= 0.3 is 0 Å².